The summed E-state index contributed by atoms with van der Waals surface area (Å²) in [6.45, 7) is 0.582. The number of aryl methyl sites for hydroxylation is 1. The van der Waals surface area contributed by atoms with E-state index >= 15 is 0 Å². The quantitative estimate of drug-likeness (QED) is 0.891. The van der Waals surface area contributed by atoms with Crippen molar-refractivity contribution in [1.29, 1.82) is 0 Å². The van der Waals surface area contributed by atoms with Crippen molar-refractivity contribution in [2.45, 2.75) is 32.2 Å². The Bertz CT molecular complexity index is 787. The molecule has 1 aliphatic carbocycles. The molecule has 0 atom stereocenters. The van der Waals surface area contributed by atoms with Gasteiger partial charge in [-0.15, -0.1) is 11.3 Å². The summed E-state index contributed by atoms with van der Waals surface area (Å²) in [5.74, 6) is 1.95. The van der Waals surface area contributed by atoms with E-state index in [-0.39, 0.29) is 6.79 Å². The maximum absolute atomic E-state index is 12.1. The van der Waals surface area contributed by atoms with E-state index in [1.165, 1.54) is 22.6 Å². The summed E-state index contributed by atoms with van der Waals surface area (Å²) in [6, 6.07) is 5.57. The first-order valence-corrected chi connectivity index (χ1v) is 8.76. The Kier molecular flexibility index (Phi) is 3.93. The first-order chi connectivity index (χ1) is 11.7. The van der Waals surface area contributed by atoms with Crippen LogP contribution in [0.2, 0.25) is 0 Å². The molecule has 0 fully saturated rings. The van der Waals surface area contributed by atoms with Crippen molar-refractivity contribution >= 4 is 22.4 Å². The monoisotopic (exact) mass is 346 g/mol. The molecule has 2 aromatic rings. The van der Waals surface area contributed by atoms with Gasteiger partial charge in [0, 0.05) is 17.0 Å². The zero-order chi connectivity index (χ0) is 16.5. The maximum atomic E-state index is 12.1. The molecule has 24 heavy (non-hydrogen) atoms. The van der Waals surface area contributed by atoms with Gasteiger partial charge in [-0.1, -0.05) is 6.07 Å². The van der Waals surface area contributed by atoms with Gasteiger partial charge in [-0.2, -0.15) is 0 Å². The van der Waals surface area contributed by atoms with Gasteiger partial charge in [0.25, 0.3) is 0 Å². The first-order valence-electron chi connectivity index (χ1n) is 7.95. The maximum Gasteiger partial charge on any atom is 0.412 e. The van der Waals surface area contributed by atoms with E-state index < -0.39 is 6.09 Å². The molecule has 0 spiro atoms. The van der Waals surface area contributed by atoms with E-state index in [2.05, 4.69) is 5.32 Å². The van der Waals surface area contributed by atoms with Gasteiger partial charge in [-0.25, -0.2) is 4.79 Å². The normalized spacial score (nSPS) is 15.0. The van der Waals surface area contributed by atoms with E-state index in [1.807, 2.05) is 18.2 Å². The predicted molar refractivity (Wildman–Crippen MR) is 90.8 cm³/mol. The Hall–Kier alpha value is -2.41. The fourth-order valence-corrected chi connectivity index (χ4v) is 4.11. The second-order valence-corrected chi connectivity index (χ2v) is 6.97. The lowest BCUT2D eigenvalue weighted by Crippen LogP contribution is -2.26. The number of hydrogen-bond donors (Lipinski definition) is 2. The number of nitrogens with one attached hydrogen (secondary N) is 1. The fraction of sp³-hybridized carbons (Fsp3) is 0.353. The summed E-state index contributed by atoms with van der Waals surface area (Å²) in [6.07, 6.45) is 3.73. The molecule has 1 aliphatic heterocycles. The van der Waals surface area contributed by atoms with Crippen LogP contribution in [0.15, 0.2) is 18.2 Å². The Labute approximate surface area is 143 Å². The number of carbonyl (C=O) groups is 1. The number of carbonyl (C=O) groups excluding carboxylic acids is 1. The lowest BCUT2D eigenvalue weighted by Gasteiger charge is -2.13. The van der Waals surface area contributed by atoms with Gasteiger partial charge in [0.2, 0.25) is 6.79 Å². The second-order valence-electron chi connectivity index (χ2n) is 5.83. The average Bonchev–Trinajstić information content (AvgIpc) is 3.17. The molecular weight excluding hydrogens is 328 g/mol. The van der Waals surface area contributed by atoms with E-state index in [0.717, 1.165) is 36.1 Å². The van der Waals surface area contributed by atoms with Gasteiger partial charge in [0.15, 0.2) is 17.2 Å². The van der Waals surface area contributed by atoms with Crippen LogP contribution >= 0.6 is 11.3 Å². The third kappa shape index (κ3) is 2.87. The van der Waals surface area contributed by atoms with E-state index in [9.17, 15) is 4.79 Å². The van der Waals surface area contributed by atoms with Crippen molar-refractivity contribution < 1.29 is 19.0 Å². The molecule has 7 heteroatoms. The molecular formula is C17H18N2O4S. The summed E-state index contributed by atoms with van der Waals surface area (Å²) >= 11 is 1.53. The Morgan fingerprint density at radius 2 is 2.08 bits per heavy atom. The standard InChI is InChI=1S/C17H18N2O4S/c18-16-15(11-3-1-2-4-14(11)24-16)23-17(20)19-8-10-5-6-12-13(7-10)22-9-21-12/h5-7H,1-4,8-9,18H2,(H,19,20). The summed E-state index contributed by atoms with van der Waals surface area (Å²) in [7, 11) is 0. The second kappa shape index (κ2) is 6.24. The molecule has 4 rings (SSSR count). The summed E-state index contributed by atoms with van der Waals surface area (Å²) in [5, 5.41) is 3.34. The molecule has 126 valence electrons. The molecule has 1 aromatic carbocycles. The number of nitrogens with two attached hydrogens (primary N) is 1. The average molecular weight is 346 g/mol. The van der Waals surface area contributed by atoms with Gasteiger partial charge < -0.3 is 25.3 Å². The highest BCUT2D eigenvalue weighted by Crippen LogP contribution is 2.42. The Balaban J connectivity index is 1.40. The van der Waals surface area contributed by atoms with Crippen LogP contribution in [0.3, 0.4) is 0 Å². The molecule has 0 saturated carbocycles. The molecule has 0 bridgehead atoms. The predicted octanol–water partition coefficient (Wildman–Crippen LogP) is 3.23. The number of anilines is 1. The van der Waals surface area contributed by atoms with Crippen molar-refractivity contribution in [3.05, 3.63) is 34.2 Å². The Morgan fingerprint density at radius 3 is 3.00 bits per heavy atom. The molecule has 2 aliphatic rings. The molecule has 3 N–H and O–H groups in total. The van der Waals surface area contributed by atoms with Crippen molar-refractivity contribution in [3.63, 3.8) is 0 Å². The van der Waals surface area contributed by atoms with Crippen molar-refractivity contribution in [2.75, 3.05) is 12.5 Å². The van der Waals surface area contributed by atoms with Crippen molar-refractivity contribution in [3.8, 4) is 17.2 Å². The fourth-order valence-electron chi connectivity index (χ4n) is 3.02. The van der Waals surface area contributed by atoms with Crippen LogP contribution in [0.5, 0.6) is 17.2 Å². The van der Waals surface area contributed by atoms with Crippen LogP contribution in [0.25, 0.3) is 0 Å². The van der Waals surface area contributed by atoms with Gasteiger partial charge >= 0.3 is 6.09 Å². The largest absolute Gasteiger partial charge is 0.454 e. The van der Waals surface area contributed by atoms with Crippen molar-refractivity contribution in [1.82, 2.24) is 5.32 Å². The van der Waals surface area contributed by atoms with E-state index in [1.54, 1.807) is 0 Å². The highest BCUT2D eigenvalue weighted by molar-refractivity contribution is 7.16. The van der Waals surface area contributed by atoms with Gasteiger partial charge in [0.05, 0.1) is 0 Å². The zero-order valence-corrected chi connectivity index (χ0v) is 13.9. The number of hydrogen-bond acceptors (Lipinski definition) is 6. The number of ether oxygens (including phenoxy) is 3. The molecule has 2 heterocycles. The first kappa shape index (κ1) is 15.1. The zero-order valence-electron chi connectivity index (χ0n) is 13.1. The summed E-state index contributed by atoms with van der Waals surface area (Å²) in [4.78, 5) is 13.4. The van der Waals surface area contributed by atoms with Crippen LogP contribution in [0.4, 0.5) is 9.80 Å². The lowest BCUT2D eigenvalue weighted by atomic mass is 9.99. The summed E-state index contributed by atoms with van der Waals surface area (Å²) < 4.78 is 16.1. The highest BCUT2D eigenvalue weighted by atomic mass is 32.1. The van der Waals surface area contributed by atoms with E-state index in [0.29, 0.717) is 23.0 Å². The minimum absolute atomic E-state index is 0.233. The SMILES string of the molecule is Nc1sc2c(c1OC(=O)NCc1ccc3c(c1)OCO3)CCCC2. The summed E-state index contributed by atoms with van der Waals surface area (Å²) in [5.41, 5.74) is 8.03. The van der Waals surface area contributed by atoms with Crippen LogP contribution < -0.4 is 25.3 Å². The van der Waals surface area contributed by atoms with Gasteiger partial charge in [0.1, 0.15) is 5.00 Å². The molecule has 1 aromatic heterocycles. The minimum Gasteiger partial charge on any atom is -0.454 e. The number of rotatable bonds is 3. The number of amides is 1. The Morgan fingerprint density at radius 1 is 1.25 bits per heavy atom. The van der Waals surface area contributed by atoms with Crippen molar-refractivity contribution in [2.24, 2.45) is 0 Å². The number of thiophene rings is 1. The molecule has 1 amide bonds. The molecule has 0 unspecified atom stereocenters. The highest BCUT2D eigenvalue weighted by Gasteiger charge is 2.22. The molecule has 6 nitrogen and oxygen atoms in total. The van der Waals surface area contributed by atoms with Crippen LogP contribution in [-0.2, 0) is 19.4 Å². The minimum atomic E-state index is -0.495. The topological polar surface area (TPSA) is 82.8 Å². The third-order valence-corrected chi connectivity index (χ3v) is 5.32. The smallest absolute Gasteiger partial charge is 0.412 e. The van der Waals surface area contributed by atoms with Crippen LogP contribution in [-0.4, -0.2) is 12.9 Å². The molecule has 0 radical (unpaired) electrons. The molecule has 0 saturated heterocycles. The van der Waals surface area contributed by atoms with Crippen LogP contribution in [0, 0.1) is 0 Å². The number of nitrogen functional groups attached to an aromatic ring is 1. The lowest BCUT2D eigenvalue weighted by molar-refractivity contribution is 0.174. The van der Waals surface area contributed by atoms with Crippen LogP contribution in [0.1, 0.15) is 28.8 Å². The van der Waals surface area contributed by atoms with Gasteiger partial charge in [-0.05, 0) is 43.4 Å². The number of fused-ring (bicyclic) bond motifs is 2. The van der Waals surface area contributed by atoms with Gasteiger partial charge in [-0.3, -0.25) is 0 Å². The number of benzene rings is 1. The third-order valence-electron chi connectivity index (χ3n) is 4.22. The van der Waals surface area contributed by atoms with E-state index in [4.69, 9.17) is 19.9 Å².